The largest absolute Gasteiger partial charge is 0.496 e. The zero-order valence-electron chi connectivity index (χ0n) is 16.0. The molecule has 1 aliphatic rings. The predicted octanol–water partition coefficient (Wildman–Crippen LogP) is 2.17. The standard InChI is InChI=1S/C20H19ClN2O7/c1-27-15-7-6-12(21)8-14(15)19(25)29-11-18(24)23-20(26)22-9-13-10-28-16-4-2-3-5-17(16)30-13/h2-8,13H,9-11H2,1H3,(H2,22,23,24,26). The lowest BCUT2D eigenvalue weighted by atomic mass is 10.2. The summed E-state index contributed by atoms with van der Waals surface area (Å²) in [6, 6.07) is 10.8. The highest BCUT2D eigenvalue weighted by molar-refractivity contribution is 6.31. The Kier molecular flexibility index (Phi) is 6.97. The number of methoxy groups -OCH3 is 1. The monoisotopic (exact) mass is 434 g/mol. The van der Waals surface area contributed by atoms with Gasteiger partial charge in [0.2, 0.25) is 0 Å². The first-order valence-electron chi connectivity index (χ1n) is 8.93. The molecule has 3 amide bonds. The summed E-state index contributed by atoms with van der Waals surface area (Å²) in [6.45, 7) is -0.282. The fraction of sp³-hybridized carbons (Fsp3) is 0.250. The first kappa shape index (κ1) is 21.3. The summed E-state index contributed by atoms with van der Waals surface area (Å²) in [6.07, 6.45) is -0.408. The molecular weight excluding hydrogens is 416 g/mol. The maximum absolute atomic E-state index is 12.1. The number of urea groups is 1. The van der Waals surface area contributed by atoms with Crippen LogP contribution < -0.4 is 24.8 Å². The van der Waals surface area contributed by atoms with Gasteiger partial charge in [-0.05, 0) is 30.3 Å². The van der Waals surface area contributed by atoms with Crippen LogP contribution in [-0.2, 0) is 9.53 Å². The molecule has 10 heteroatoms. The van der Waals surface area contributed by atoms with Gasteiger partial charge >= 0.3 is 12.0 Å². The molecule has 9 nitrogen and oxygen atoms in total. The second kappa shape index (κ2) is 9.84. The summed E-state index contributed by atoms with van der Waals surface area (Å²) in [5, 5.41) is 4.88. The van der Waals surface area contributed by atoms with Crippen LogP contribution in [0.2, 0.25) is 5.02 Å². The first-order valence-corrected chi connectivity index (χ1v) is 9.31. The summed E-state index contributed by atoms with van der Waals surface area (Å²) in [7, 11) is 1.39. The number of benzene rings is 2. The number of nitrogens with one attached hydrogen (secondary N) is 2. The Morgan fingerprint density at radius 3 is 2.70 bits per heavy atom. The van der Waals surface area contributed by atoms with Crippen molar-refractivity contribution < 1.29 is 33.3 Å². The summed E-state index contributed by atoms with van der Waals surface area (Å²) in [4.78, 5) is 35.9. The van der Waals surface area contributed by atoms with Gasteiger partial charge < -0.3 is 24.3 Å². The Morgan fingerprint density at radius 2 is 1.93 bits per heavy atom. The van der Waals surface area contributed by atoms with Crippen LogP contribution in [-0.4, -0.2) is 50.9 Å². The first-order chi connectivity index (χ1) is 14.5. The van der Waals surface area contributed by atoms with E-state index in [1.165, 1.54) is 19.2 Å². The molecule has 0 aliphatic carbocycles. The molecule has 1 heterocycles. The van der Waals surface area contributed by atoms with E-state index >= 15 is 0 Å². The highest BCUT2D eigenvalue weighted by atomic mass is 35.5. The zero-order chi connectivity index (χ0) is 21.5. The van der Waals surface area contributed by atoms with Crippen LogP contribution in [0.25, 0.3) is 0 Å². The Labute approximate surface area is 177 Å². The number of halogens is 1. The molecule has 158 valence electrons. The molecule has 0 fully saturated rings. The van der Waals surface area contributed by atoms with E-state index in [9.17, 15) is 14.4 Å². The molecular formula is C20H19ClN2O7. The number of imide groups is 1. The highest BCUT2D eigenvalue weighted by Crippen LogP contribution is 2.30. The third-order valence-electron chi connectivity index (χ3n) is 4.03. The van der Waals surface area contributed by atoms with Crippen molar-refractivity contribution in [1.29, 1.82) is 0 Å². The number of amides is 3. The molecule has 0 spiro atoms. The number of carbonyl (C=O) groups is 3. The smallest absolute Gasteiger partial charge is 0.342 e. The molecule has 0 saturated heterocycles. The van der Waals surface area contributed by atoms with E-state index in [0.717, 1.165) is 0 Å². The number of hydrogen-bond donors (Lipinski definition) is 2. The van der Waals surface area contributed by atoms with Gasteiger partial charge in [-0.25, -0.2) is 9.59 Å². The number of ether oxygens (including phenoxy) is 4. The quantitative estimate of drug-likeness (QED) is 0.670. The van der Waals surface area contributed by atoms with Crippen LogP contribution in [0.15, 0.2) is 42.5 Å². The maximum atomic E-state index is 12.1. The average Bonchev–Trinajstić information content (AvgIpc) is 2.75. The van der Waals surface area contributed by atoms with Crippen LogP contribution in [0, 0.1) is 0 Å². The number of carbonyl (C=O) groups excluding carboxylic acids is 3. The number of hydrogen-bond acceptors (Lipinski definition) is 7. The van der Waals surface area contributed by atoms with Crippen LogP contribution in [0.3, 0.4) is 0 Å². The normalized spacial score (nSPS) is 14.4. The van der Waals surface area contributed by atoms with Crippen molar-refractivity contribution in [3.8, 4) is 17.2 Å². The van der Waals surface area contributed by atoms with Crippen molar-refractivity contribution in [2.45, 2.75) is 6.10 Å². The molecule has 2 aromatic rings. The molecule has 1 aliphatic heterocycles. The van der Waals surface area contributed by atoms with Gasteiger partial charge in [0.25, 0.3) is 5.91 Å². The summed E-state index contributed by atoms with van der Waals surface area (Å²) in [5.41, 5.74) is 0.0666. The van der Waals surface area contributed by atoms with E-state index in [1.807, 2.05) is 12.1 Å². The van der Waals surface area contributed by atoms with Crippen LogP contribution >= 0.6 is 11.6 Å². The lowest BCUT2D eigenvalue weighted by Gasteiger charge is -2.26. The lowest BCUT2D eigenvalue weighted by Crippen LogP contribution is -2.46. The maximum Gasteiger partial charge on any atom is 0.342 e. The summed E-state index contributed by atoms with van der Waals surface area (Å²) < 4.78 is 21.2. The Morgan fingerprint density at radius 1 is 1.17 bits per heavy atom. The highest BCUT2D eigenvalue weighted by Gasteiger charge is 2.22. The van der Waals surface area contributed by atoms with Crippen LogP contribution in [0.4, 0.5) is 4.79 Å². The third-order valence-corrected chi connectivity index (χ3v) is 4.26. The fourth-order valence-electron chi connectivity index (χ4n) is 2.63. The molecule has 2 aromatic carbocycles. The zero-order valence-corrected chi connectivity index (χ0v) is 16.7. The minimum Gasteiger partial charge on any atom is -0.496 e. The molecule has 1 unspecified atom stereocenters. The number of para-hydroxylation sites is 2. The van der Waals surface area contributed by atoms with Gasteiger partial charge in [0.15, 0.2) is 24.2 Å². The van der Waals surface area contributed by atoms with E-state index in [2.05, 4.69) is 10.6 Å². The van der Waals surface area contributed by atoms with Crippen molar-refractivity contribution in [1.82, 2.24) is 10.6 Å². The third kappa shape index (κ3) is 5.54. The second-order valence-corrected chi connectivity index (χ2v) is 6.61. The SMILES string of the molecule is COc1ccc(Cl)cc1C(=O)OCC(=O)NC(=O)NCC1COc2ccccc2O1. The topological polar surface area (TPSA) is 112 Å². The molecule has 0 radical (unpaired) electrons. The molecule has 1 atom stereocenters. The Bertz CT molecular complexity index is 951. The Hall–Kier alpha value is -3.46. The molecule has 0 bridgehead atoms. The van der Waals surface area contributed by atoms with Crippen molar-refractivity contribution in [2.24, 2.45) is 0 Å². The summed E-state index contributed by atoms with van der Waals surface area (Å²) >= 11 is 5.86. The van der Waals surface area contributed by atoms with E-state index in [-0.39, 0.29) is 24.5 Å². The van der Waals surface area contributed by atoms with Crippen molar-refractivity contribution in [2.75, 3.05) is 26.9 Å². The van der Waals surface area contributed by atoms with E-state index in [0.29, 0.717) is 16.5 Å². The van der Waals surface area contributed by atoms with Crippen LogP contribution in [0.5, 0.6) is 17.2 Å². The lowest BCUT2D eigenvalue weighted by molar-refractivity contribution is -0.123. The van der Waals surface area contributed by atoms with Gasteiger partial charge in [0, 0.05) is 5.02 Å². The molecule has 3 rings (SSSR count). The van der Waals surface area contributed by atoms with Gasteiger partial charge in [0.05, 0.1) is 13.7 Å². The summed E-state index contributed by atoms with van der Waals surface area (Å²) in [5.74, 6) is -0.148. The minimum absolute atomic E-state index is 0.0666. The molecule has 0 saturated carbocycles. The van der Waals surface area contributed by atoms with E-state index < -0.39 is 30.6 Å². The number of esters is 1. The van der Waals surface area contributed by atoms with Crippen molar-refractivity contribution in [3.05, 3.63) is 53.1 Å². The Balaban J connectivity index is 1.41. The van der Waals surface area contributed by atoms with Gasteiger partial charge in [0.1, 0.15) is 17.9 Å². The van der Waals surface area contributed by atoms with Crippen molar-refractivity contribution in [3.63, 3.8) is 0 Å². The van der Waals surface area contributed by atoms with Gasteiger partial charge in [-0.3, -0.25) is 10.1 Å². The predicted molar refractivity (Wildman–Crippen MR) is 106 cm³/mol. The van der Waals surface area contributed by atoms with Gasteiger partial charge in [-0.1, -0.05) is 23.7 Å². The average molecular weight is 435 g/mol. The molecule has 30 heavy (non-hydrogen) atoms. The fourth-order valence-corrected chi connectivity index (χ4v) is 2.80. The van der Waals surface area contributed by atoms with E-state index in [1.54, 1.807) is 18.2 Å². The molecule has 0 aromatic heterocycles. The van der Waals surface area contributed by atoms with E-state index in [4.69, 9.17) is 30.5 Å². The minimum atomic E-state index is -0.809. The molecule has 2 N–H and O–H groups in total. The van der Waals surface area contributed by atoms with Crippen molar-refractivity contribution >= 4 is 29.5 Å². The van der Waals surface area contributed by atoms with Gasteiger partial charge in [-0.15, -0.1) is 0 Å². The second-order valence-electron chi connectivity index (χ2n) is 6.18. The number of fused-ring (bicyclic) bond motifs is 1. The van der Waals surface area contributed by atoms with Gasteiger partial charge in [-0.2, -0.15) is 0 Å². The van der Waals surface area contributed by atoms with Crippen LogP contribution in [0.1, 0.15) is 10.4 Å². The number of rotatable bonds is 6.